The van der Waals surface area contributed by atoms with Gasteiger partial charge in [-0.1, -0.05) is 41.8 Å². The molecule has 3 rings (SSSR count). The second-order valence-electron chi connectivity index (χ2n) is 6.52. The molecule has 4 nitrogen and oxygen atoms in total. The molecule has 0 aliphatic carbocycles. The van der Waals surface area contributed by atoms with E-state index < -0.39 is 23.9 Å². The van der Waals surface area contributed by atoms with Crippen molar-refractivity contribution < 1.29 is 19.0 Å². The van der Waals surface area contributed by atoms with Crippen LogP contribution in [-0.2, 0) is 4.79 Å². The standard InChI is InChI=1S/C20H20Cl2FNO3/c1-27-17-9-8-12(23)11-14(17)19(13-5-4-6-15(21)18(13)22)24-10-3-2-7-16(24)20(25)26/h4-6,8-9,11,16,19H,2-3,7,10H2,1H3,(H,25,26). The van der Waals surface area contributed by atoms with Crippen molar-refractivity contribution in [3.05, 3.63) is 63.4 Å². The molecular formula is C20H20Cl2FNO3. The van der Waals surface area contributed by atoms with Crippen molar-refractivity contribution in [1.29, 1.82) is 0 Å². The lowest BCUT2D eigenvalue weighted by atomic mass is 9.91. The highest BCUT2D eigenvalue weighted by atomic mass is 35.5. The van der Waals surface area contributed by atoms with E-state index >= 15 is 0 Å². The van der Waals surface area contributed by atoms with Crippen molar-refractivity contribution >= 4 is 29.2 Å². The van der Waals surface area contributed by atoms with E-state index in [1.165, 1.54) is 25.3 Å². The van der Waals surface area contributed by atoms with E-state index in [2.05, 4.69) is 0 Å². The summed E-state index contributed by atoms with van der Waals surface area (Å²) < 4.78 is 19.6. The molecule has 2 aromatic carbocycles. The van der Waals surface area contributed by atoms with E-state index in [4.69, 9.17) is 27.9 Å². The number of hydrogen-bond acceptors (Lipinski definition) is 3. The van der Waals surface area contributed by atoms with Gasteiger partial charge in [-0.25, -0.2) is 4.39 Å². The van der Waals surface area contributed by atoms with Gasteiger partial charge in [0.15, 0.2) is 0 Å². The largest absolute Gasteiger partial charge is 0.496 e. The monoisotopic (exact) mass is 411 g/mol. The van der Waals surface area contributed by atoms with Gasteiger partial charge in [0.2, 0.25) is 0 Å². The number of halogens is 3. The minimum absolute atomic E-state index is 0.324. The van der Waals surface area contributed by atoms with Gasteiger partial charge in [0.05, 0.1) is 23.2 Å². The maximum absolute atomic E-state index is 14.1. The highest BCUT2D eigenvalue weighted by Crippen LogP contribution is 2.42. The van der Waals surface area contributed by atoms with Crippen LogP contribution < -0.4 is 4.74 Å². The van der Waals surface area contributed by atoms with Crippen LogP contribution in [0.4, 0.5) is 4.39 Å². The number of likely N-dealkylation sites (tertiary alicyclic amines) is 1. The van der Waals surface area contributed by atoms with E-state index in [9.17, 15) is 14.3 Å². The quantitative estimate of drug-likeness (QED) is 0.736. The number of carbonyl (C=O) groups is 1. The van der Waals surface area contributed by atoms with Crippen molar-refractivity contribution in [2.75, 3.05) is 13.7 Å². The third kappa shape index (κ3) is 4.05. The van der Waals surface area contributed by atoms with Crippen LogP contribution in [0.15, 0.2) is 36.4 Å². The summed E-state index contributed by atoms with van der Waals surface area (Å²) in [5.41, 5.74) is 1.15. The Labute approximate surface area is 167 Å². The van der Waals surface area contributed by atoms with Gasteiger partial charge < -0.3 is 9.84 Å². The number of methoxy groups -OCH3 is 1. The third-order valence-electron chi connectivity index (χ3n) is 4.92. The number of ether oxygens (including phenoxy) is 1. The van der Waals surface area contributed by atoms with Crippen LogP contribution in [0, 0.1) is 5.82 Å². The molecule has 0 aromatic heterocycles. The van der Waals surface area contributed by atoms with Crippen LogP contribution in [0.25, 0.3) is 0 Å². The molecule has 1 aliphatic rings. The summed E-state index contributed by atoms with van der Waals surface area (Å²) in [5, 5.41) is 10.4. The van der Waals surface area contributed by atoms with E-state index in [1.54, 1.807) is 18.2 Å². The average molecular weight is 412 g/mol. The van der Waals surface area contributed by atoms with E-state index in [0.29, 0.717) is 39.9 Å². The van der Waals surface area contributed by atoms with Crippen molar-refractivity contribution in [2.24, 2.45) is 0 Å². The van der Waals surface area contributed by atoms with Gasteiger partial charge in [-0.3, -0.25) is 9.69 Å². The lowest BCUT2D eigenvalue weighted by Crippen LogP contribution is -2.47. The summed E-state index contributed by atoms with van der Waals surface area (Å²) in [6.45, 7) is 0.546. The number of benzene rings is 2. The first-order valence-corrected chi connectivity index (χ1v) is 9.45. The topological polar surface area (TPSA) is 49.8 Å². The molecule has 27 heavy (non-hydrogen) atoms. The number of nitrogens with zero attached hydrogens (tertiary/aromatic N) is 1. The van der Waals surface area contributed by atoms with Gasteiger partial charge in [0.25, 0.3) is 0 Å². The molecule has 0 bridgehead atoms. The van der Waals surface area contributed by atoms with Gasteiger partial charge in [0.1, 0.15) is 17.6 Å². The minimum atomic E-state index is -0.909. The Kier molecular flexibility index (Phi) is 6.25. The molecule has 144 valence electrons. The molecule has 1 aliphatic heterocycles. The first kappa shape index (κ1) is 19.9. The normalized spacial score (nSPS) is 18.9. The lowest BCUT2D eigenvalue weighted by Gasteiger charge is -2.40. The zero-order valence-electron chi connectivity index (χ0n) is 14.8. The van der Waals surface area contributed by atoms with Crippen LogP contribution in [-0.4, -0.2) is 35.7 Å². The van der Waals surface area contributed by atoms with Gasteiger partial charge in [-0.05, 0) is 49.2 Å². The predicted octanol–water partition coefficient (Wildman–Crippen LogP) is 5.17. The number of aliphatic carboxylic acids is 1. The molecule has 2 aromatic rings. The number of carboxylic acid groups (broad SMARTS) is 1. The molecule has 7 heteroatoms. The van der Waals surface area contributed by atoms with Crippen LogP contribution in [0.2, 0.25) is 10.0 Å². The molecule has 0 radical (unpaired) electrons. The van der Waals surface area contributed by atoms with Gasteiger partial charge in [-0.2, -0.15) is 0 Å². The zero-order chi connectivity index (χ0) is 19.6. The summed E-state index contributed by atoms with van der Waals surface area (Å²) in [7, 11) is 1.50. The minimum Gasteiger partial charge on any atom is -0.496 e. The summed E-state index contributed by atoms with van der Waals surface area (Å²) in [5.74, 6) is -0.877. The molecule has 1 heterocycles. The fraction of sp³-hybridized carbons (Fsp3) is 0.350. The Morgan fingerprint density at radius 2 is 2.04 bits per heavy atom. The molecular weight excluding hydrogens is 392 g/mol. The summed E-state index contributed by atoms with van der Waals surface area (Å²) in [6, 6.07) is 8.13. The number of piperidine rings is 1. The van der Waals surface area contributed by atoms with Crippen molar-refractivity contribution in [3.8, 4) is 5.75 Å². The maximum atomic E-state index is 14.1. The molecule has 2 unspecified atom stereocenters. The molecule has 0 saturated carbocycles. The smallest absolute Gasteiger partial charge is 0.320 e. The van der Waals surface area contributed by atoms with E-state index in [1.807, 2.05) is 4.90 Å². The molecule has 2 atom stereocenters. The fourth-order valence-electron chi connectivity index (χ4n) is 3.70. The summed E-state index contributed by atoms with van der Waals surface area (Å²) in [4.78, 5) is 13.7. The van der Waals surface area contributed by atoms with Crippen LogP contribution >= 0.6 is 23.2 Å². The fourth-order valence-corrected chi connectivity index (χ4v) is 4.11. The summed E-state index contributed by atoms with van der Waals surface area (Å²) in [6.07, 6.45) is 2.18. The predicted molar refractivity (Wildman–Crippen MR) is 103 cm³/mol. The van der Waals surface area contributed by atoms with E-state index in [-0.39, 0.29) is 0 Å². The Hall–Kier alpha value is -1.82. The van der Waals surface area contributed by atoms with E-state index in [0.717, 1.165) is 12.8 Å². The Morgan fingerprint density at radius 1 is 1.26 bits per heavy atom. The maximum Gasteiger partial charge on any atom is 0.320 e. The second kappa shape index (κ2) is 8.46. The number of rotatable bonds is 5. The molecule has 1 saturated heterocycles. The Morgan fingerprint density at radius 3 is 2.74 bits per heavy atom. The average Bonchev–Trinajstić information content (AvgIpc) is 2.66. The van der Waals surface area contributed by atoms with Gasteiger partial charge >= 0.3 is 5.97 Å². The van der Waals surface area contributed by atoms with Crippen LogP contribution in [0.5, 0.6) is 5.75 Å². The van der Waals surface area contributed by atoms with Crippen LogP contribution in [0.3, 0.4) is 0 Å². The SMILES string of the molecule is COc1ccc(F)cc1C(c1cccc(Cl)c1Cl)N1CCCCC1C(=O)O. The van der Waals surface area contributed by atoms with Gasteiger partial charge in [-0.15, -0.1) is 0 Å². The first-order chi connectivity index (χ1) is 12.9. The highest BCUT2D eigenvalue weighted by molar-refractivity contribution is 6.42. The molecule has 1 N–H and O–H groups in total. The first-order valence-electron chi connectivity index (χ1n) is 8.70. The third-order valence-corrected chi connectivity index (χ3v) is 5.76. The Bertz CT molecular complexity index is 846. The molecule has 1 fully saturated rings. The zero-order valence-corrected chi connectivity index (χ0v) is 16.3. The van der Waals surface area contributed by atoms with Crippen LogP contribution in [0.1, 0.15) is 36.4 Å². The number of hydrogen-bond donors (Lipinski definition) is 1. The molecule has 0 amide bonds. The lowest BCUT2D eigenvalue weighted by molar-refractivity contribution is -0.145. The van der Waals surface area contributed by atoms with Crippen molar-refractivity contribution in [1.82, 2.24) is 4.90 Å². The number of carboxylic acids is 1. The van der Waals surface area contributed by atoms with Crippen molar-refractivity contribution in [3.63, 3.8) is 0 Å². The van der Waals surface area contributed by atoms with Crippen molar-refractivity contribution in [2.45, 2.75) is 31.3 Å². The molecule has 0 spiro atoms. The summed E-state index contributed by atoms with van der Waals surface area (Å²) >= 11 is 12.7. The highest BCUT2D eigenvalue weighted by Gasteiger charge is 2.37. The Balaban J connectivity index is 2.22. The van der Waals surface area contributed by atoms with Gasteiger partial charge in [0, 0.05) is 5.56 Å². The second-order valence-corrected chi connectivity index (χ2v) is 7.30.